The van der Waals surface area contributed by atoms with Crippen molar-refractivity contribution in [3.8, 4) is 0 Å². The predicted molar refractivity (Wildman–Crippen MR) is 91.8 cm³/mol. The van der Waals surface area contributed by atoms with Crippen LogP contribution in [0.2, 0.25) is 0 Å². The van der Waals surface area contributed by atoms with Crippen LogP contribution in [-0.4, -0.2) is 47.9 Å². The molecular weight excluding hydrogens is 340 g/mol. The third-order valence-corrected chi connectivity index (χ3v) is 4.51. The van der Waals surface area contributed by atoms with Crippen LogP contribution in [0.1, 0.15) is 33.1 Å². The maximum atomic E-state index is 12.0. The molecule has 0 aromatic carbocycles. The zero-order valence-corrected chi connectivity index (χ0v) is 15.0. The topological polar surface area (TPSA) is 99.1 Å². The second-order valence-electron chi connectivity index (χ2n) is 6.59. The summed E-state index contributed by atoms with van der Waals surface area (Å²) in [4.78, 5) is 34.7. The van der Waals surface area contributed by atoms with Crippen LogP contribution in [0.3, 0.4) is 0 Å². The molecule has 4 atom stereocenters. The summed E-state index contributed by atoms with van der Waals surface area (Å²) in [5.41, 5.74) is 1.40. The van der Waals surface area contributed by atoms with E-state index >= 15 is 0 Å². The lowest BCUT2D eigenvalue weighted by molar-refractivity contribution is -0.149. The van der Waals surface area contributed by atoms with Crippen LogP contribution < -0.4 is 0 Å². The Bertz CT molecular complexity index is 661. The van der Waals surface area contributed by atoms with Gasteiger partial charge < -0.3 is 19.3 Å². The Kier molecular flexibility index (Phi) is 6.37. The van der Waals surface area contributed by atoms with Crippen molar-refractivity contribution >= 4 is 17.9 Å². The fraction of sp³-hybridized carbons (Fsp3) is 0.526. The van der Waals surface area contributed by atoms with E-state index in [2.05, 4.69) is 13.2 Å². The van der Waals surface area contributed by atoms with Crippen LogP contribution in [-0.2, 0) is 28.6 Å². The van der Waals surface area contributed by atoms with Crippen LogP contribution >= 0.6 is 0 Å². The zero-order chi connectivity index (χ0) is 19.4. The molecule has 2 rings (SSSR count). The largest absolute Gasteiger partial charge is 0.461 e. The summed E-state index contributed by atoms with van der Waals surface area (Å²) >= 11 is 0. The first-order valence-electron chi connectivity index (χ1n) is 8.44. The summed E-state index contributed by atoms with van der Waals surface area (Å²) in [5.74, 6) is -2.11. The second-order valence-corrected chi connectivity index (χ2v) is 6.59. The highest BCUT2D eigenvalue weighted by atomic mass is 16.6. The Labute approximate surface area is 152 Å². The monoisotopic (exact) mass is 364 g/mol. The molecule has 1 fully saturated rings. The number of carbonyl (C=O) groups is 3. The van der Waals surface area contributed by atoms with Gasteiger partial charge in [-0.1, -0.05) is 13.2 Å². The van der Waals surface area contributed by atoms with Gasteiger partial charge in [0.2, 0.25) is 0 Å². The van der Waals surface area contributed by atoms with Crippen LogP contribution in [0.4, 0.5) is 0 Å². The number of fused-ring (bicyclic) bond motifs is 1. The second kappa shape index (κ2) is 8.31. The summed E-state index contributed by atoms with van der Waals surface area (Å²) in [6.07, 6.45) is 0.475. The van der Waals surface area contributed by atoms with Crippen molar-refractivity contribution in [1.82, 2.24) is 0 Å². The van der Waals surface area contributed by atoms with Crippen molar-refractivity contribution in [3.05, 3.63) is 36.0 Å². The molecule has 0 saturated carbocycles. The van der Waals surface area contributed by atoms with Gasteiger partial charge in [0, 0.05) is 25.8 Å². The van der Waals surface area contributed by atoms with Crippen molar-refractivity contribution in [2.75, 3.05) is 6.61 Å². The minimum absolute atomic E-state index is 0.0278. The number of aliphatic hydroxyl groups is 1. The van der Waals surface area contributed by atoms with Crippen LogP contribution in [0, 0.1) is 5.92 Å². The number of carbonyl (C=O) groups excluding carboxylic acids is 3. The minimum atomic E-state index is -0.809. The normalized spacial score (nSPS) is 29.3. The molecule has 2 aliphatic rings. The van der Waals surface area contributed by atoms with E-state index in [9.17, 15) is 19.5 Å². The zero-order valence-electron chi connectivity index (χ0n) is 15.0. The van der Waals surface area contributed by atoms with Gasteiger partial charge in [-0.05, 0) is 30.1 Å². The summed E-state index contributed by atoms with van der Waals surface area (Å²) in [6, 6.07) is 0. The van der Waals surface area contributed by atoms with Gasteiger partial charge in [0.25, 0.3) is 0 Å². The van der Waals surface area contributed by atoms with E-state index in [0.29, 0.717) is 24.0 Å². The summed E-state index contributed by atoms with van der Waals surface area (Å²) < 4.78 is 15.8. The fourth-order valence-corrected chi connectivity index (χ4v) is 3.19. The Morgan fingerprint density at radius 1 is 1.31 bits per heavy atom. The SMILES string of the molecule is C=C1CC(OC(C)=O)C2C(=C)C(=O)OC2C=C(COC(C)=O)CCC1O. The first kappa shape index (κ1) is 19.9. The van der Waals surface area contributed by atoms with Crippen molar-refractivity contribution in [3.63, 3.8) is 0 Å². The standard InChI is InChI=1S/C19H24O7/c1-10-7-16(25-13(4)21)18-11(2)19(23)26-17(18)8-14(5-6-15(10)22)9-24-12(3)20/h8,15-18,22H,1-2,5-7,9H2,3-4H3. The quantitative estimate of drug-likeness (QED) is 0.351. The number of esters is 3. The molecule has 0 spiro atoms. The predicted octanol–water partition coefficient (Wildman–Crippen LogP) is 1.61. The molecule has 4 unspecified atom stereocenters. The lowest BCUT2D eigenvalue weighted by Gasteiger charge is -2.29. The van der Waals surface area contributed by atoms with E-state index in [-0.39, 0.29) is 18.6 Å². The number of hydrogen-bond donors (Lipinski definition) is 1. The molecule has 0 aromatic rings. The minimum Gasteiger partial charge on any atom is -0.461 e. The van der Waals surface area contributed by atoms with Gasteiger partial charge in [0.05, 0.1) is 12.0 Å². The maximum absolute atomic E-state index is 12.0. The van der Waals surface area contributed by atoms with Gasteiger partial charge >= 0.3 is 17.9 Å². The molecule has 0 radical (unpaired) electrons. The van der Waals surface area contributed by atoms with E-state index in [1.54, 1.807) is 6.08 Å². The van der Waals surface area contributed by atoms with E-state index in [4.69, 9.17) is 14.2 Å². The van der Waals surface area contributed by atoms with Gasteiger partial charge in [-0.2, -0.15) is 0 Å². The van der Waals surface area contributed by atoms with Crippen LogP contribution in [0.25, 0.3) is 0 Å². The highest BCUT2D eigenvalue weighted by Gasteiger charge is 2.44. The Morgan fingerprint density at radius 3 is 2.62 bits per heavy atom. The molecular formula is C19H24O7. The number of ether oxygens (including phenoxy) is 3. The highest BCUT2D eigenvalue weighted by Crippen LogP contribution is 2.37. The third-order valence-electron chi connectivity index (χ3n) is 4.51. The van der Waals surface area contributed by atoms with Crippen molar-refractivity contribution in [2.24, 2.45) is 5.92 Å². The highest BCUT2D eigenvalue weighted by molar-refractivity contribution is 5.91. The Morgan fingerprint density at radius 2 is 2.00 bits per heavy atom. The van der Waals surface area contributed by atoms with Crippen LogP contribution in [0.5, 0.6) is 0 Å². The maximum Gasteiger partial charge on any atom is 0.334 e. The molecule has 0 amide bonds. The Hall–Kier alpha value is -2.41. The van der Waals surface area contributed by atoms with Gasteiger partial charge in [-0.15, -0.1) is 0 Å². The van der Waals surface area contributed by atoms with Crippen LogP contribution in [0.15, 0.2) is 36.0 Å². The Balaban J connectivity index is 2.39. The molecule has 7 heteroatoms. The number of aliphatic hydroxyl groups excluding tert-OH is 1. The molecule has 26 heavy (non-hydrogen) atoms. The van der Waals surface area contributed by atoms with E-state index in [1.165, 1.54) is 13.8 Å². The van der Waals surface area contributed by atoms with E-state index in [1.807, 2.05) is 0 Å². The van der Waals surface area contributed by atoms with Gasteiger partial charge in [-0.3, -0.25) is 9.59 Å². The average Bonchev–Trinajstić information content (AvgIpc) is 2.82. The molecule has 7 nitrogen and oxygen atoms in total. The molecule has 142 valence electrons. The van der Waals surface area contributed by atoms with Crippen molar-refractivity contribution in [1.29, 1.82) is 0 Å². The first-order valence-corrected chi connectivity index (χ1v) is 8.44. The summed E-state index contributed by atoms with van der Waals surface area (Å²) in [6.45, 7) is 10.3. The lowest BCUT2D eigenvalue weighted by Crippen LogP contribution is -2.34. The first-order chi connectivity index (χ1) is 12.2. The number of rotatable bonds is 3. The van der Waals surface area contributed by atoms with Crippen molar-refractivity contribution < 1.29 is 33.7 Å². The van der Waals surface area contributed by atoms with Gasteiger partial charge in [0.15, 0.2) is 0 Å². The lowest BCUT2D eigenvalue weighted by atomic mass is 9.83. The summed E-state index contributed by atoms with van der Waals surface area (Å²) in [5, 5.41) is 10.3. The van der Waals surface area contributed by atoms with E-state index < -0.39 is 42.1 Å². The summed E-state index contributed by atoms with van der Waals surface area (Å²) in [7, 11) is 0. The molecule has 1 aliphatic carbocycles. The molecule has 1 heterocycles. The third kappa shape index (κ3) is 4.82. The van der Waals surface area contributed by atoms with Gasteiger partial charge in [-0.25, -0.2) is 4.79 Å². The number of hydrogen-bond acceptors (Lipinski definition) is 7. The van der Waals surface area contributed by atoms with Gasteiger partial charge in [0.1, 0.15) is 18.8 Å². The van der Waals surface area contributed by atoms with E-state index in [0.717, 1.165) is 0 Å². The fourth-order valence-electron chi connectivity index (χ4n) is 3.19. The molecule has 1 saturated heterocycles. The molecule has 0 bridgehead atoms. The molecule has 1 aliphatic heterocycles. The molecule has 0 aromatic heterocycles. The van der Waals surface area contributed by atoms with Crippen molar-refractivity contribution in [2.45, 2.75) is 51.4 Å². The smallest absolute Gasteiger partial charge is 0.334 e. The molecule has 1 N–H and O–H groups in total. The average molecular weight is 364 g/mol.